The molecule has 3 rings (SSSR count). The molecule has 3 aromatic carbocycles. The van der Waals surface area contributed by atoms with Crippen molar-refractivity contribution in [2.45, 2.75) is 58.3 Å². The molecule has 0 atom stereocenters. The van der Waals surface area contributed by atoms with Crippen LogP contribution in [-0.4, -0.2) is 6.16 Å². The molecule has 0 aromatic heterocycles. The molecule has 0 N–H and O–H groups in total. The molecule has 0 unspecified atom stereocenters. The van der Waals surface area contributed by atoms with E-state index in [1.165, 1.54) is 73.4 Å². The number of benzene rings is 3. The molecular weight excluding hydrogens is 743 g/mol. The summed E-state index contributed by atoms with van der Waals surface area (Å²) < 4.78 is 0. The summed E-state index contributed by atoms with van der Waals surface area (Å²) in [4.78, 5) is 0. The van der Waals surface area contributed by atoms with Gasteiger partial charge in [0, 0.05) is 0 Å². The Hall–Kier alpha value is 0.529. The maximum absolute atomic E-state index is 3.25. The van der Waals surface area contributed by atoms with Crippen LogP contribution >= 0.6 is 63.7 Å². The van der Waals surface area contributed by atoms with Gasteiger partial charge in [0.05, 0.1) is 6.16 Å². The van der Waals surface area contributed by atoms with Gasteiger partial charge in [-0.1, -0.05) is 100 Å². The Morgan fingerprint density at radius 2 is 0.794 bits per heavy atom. The molecule has 0 fully saturated rings. The van der Waals surface area contributed by atoms with Crippen LogP contribution in [-0.2, 0) is 5.61 Å². The summed E-state index contributed by atoms with van der Waals surface area (Å²) in [5, 5.41) is 4.54. The van der Waals surface area contributed by atoms with Gasteiger partial charge < -0.3 is 0 Å². The molecule has 0 bridgehead atoms. The topological polar surface area (TPSA) is 0 Å². The van der Waals surface area contributed by atoms with Gasteiger partial charge in [0.25, 0.3) is 0 Å². The molecule has 0 heterocycles. The fourth-order valence-corrected chi connectivity index (χ4v) is 8.78. The molecule has 0 amide bonds. The summed E-state index contributed by atoms with van der Waals surface area (Å²) in [5.74, 6) is 0. The molecule has 0 saturated carbocycles. The van der Waals surface area contributed by atoms with Crippen molar-refractivity contribution in [3.63, 3.8) is 0 Å². The minimum atomic E-state index is -1.62. The van der Waals surface area contributed by atoms with Crippen molar-refractivity contribution >= 4 is 79.6 Å². The normalized spacial score (nSPS) is 12.0. The van der Waals surface area contributed by atoms with Crippen molar-refractivity contribution in [1.29, 1.82) is 0 Å². The maximum atomic E-state index is 3.25. The summed E-state index contributed by atoms with van der Waals surface area (Å²) in [6.45, 7) is 2.29. The zero-order chi connectivity index (χ0) is 24.7. The summed E-state index contributed by atoms with van der Waals surface area (Å²) in [7, 11) is -1.62. The molecule has 0 radical (unpaired) electrons. The SMILES string of the molecule is CCCCCCCCCC[P+](c1ccccc1)(c1ccccc1)c1ccccc1.[Br][Fe-]([Br])([Br])[Br]. The molecule has 0 spiro atoms. The minimum absolute atomic E-state index is 1.25. The molecule has 34 heavy (non-hydrogen) atoms. The van der Waals surface area contributed by atoms with Gasteiger partial charge in [-0.2, -0.15) is 0 Å². The first kappa shape index (κ1) is 30.8. The van der Waals surface area contributed by atoms with E-state index in [1.54, 1.807) is 0 Å². The van der Waals surface area contributed by atoms with Crippen molar-refractivity contribution in [1.82, 2.24) is 0 Å². The third kappa shape index (κ3) is 11.3. The summed E-state index contributed by atoms with van der Waals surface area (Å²) in [6, 6.07) is 33.9. The van der Waals surface area contributed by atoms with E-state index in [2.05, 4.69) is 154 Å². The first-order chi connectivity index (χ1) is 16.4. The van der Waals surface area contributed by atoms with Crippen molar-refractivity contribution < 1.29 is 5.61 Å². The number of unbranched alkanes of at least 4 members (excludes halogenated alkanes) is 7. The van der Waals surface area contributed by atoms with Gasteiger partial charge in [-0.15, -0.1) is 0 Å². The van der Waals surface area contributed by atoms with E-state index in [-0.39, 0.29) is 0 Å². The molecule has 0 aliphatic heterocycles. The predicted molar refractivity (Wildman–Crippen MR) is 168 cm³/mol. The first-order valence-corrected chi connectivity index (χ1v) is 24.9. The van der Waals surface area contributed by atoms with Crippen molar-refractivity contribution in [3.05, 3.63) is 91.0 Å². The number of hydrogen-bond acceptors (Lipinski definition) is 0. The number of hydrogen-bond donors (Lipinski definition) is 0. The molecule has 0 saturated heterocycles. The van der Waals surface area contributed by atoms with Gasteiger partial charge in [-0.3, -0.25) is 0 Å². The van der Waals surface area contributed by atoms with Crippen LogP contribution in [0.4, 0.5) is 0 Å². The van der Waals surface area contributed by atoms with E-state index in [0.29, 0.717) is 0 Å². The average Bonchev–Trinajstić information content (AvgIpc) is 2.84. The monoisotopic (exact) mass is 775 g/mol. The standard InChI is InChI=1S/C28H36P.4BrH.Fe/c1-2-3-4-5-6-7-8-18-25-29(26-19-12-9-13-20-26,27-21-14-10-15-22-27)28-23-16-11-17-24-28;;;;;/h9-17,19-24H,2-8,18,25H2,1H3;4*1H;/q+1;;;;;+3/p-4. The summed E-state index contributed by atoms with van der Waals surface area (Å²) in [6.07, 6.45) is 12.2. The van der Waals surface area contributed by atoms with Crippen LogP contribution in [0.5, 0.6) is 0 Å². The Kier molecular flexibility index (Phi) is 15.5. The van der Waals surface area contributed by atoms with E-state index in [4.69, 9.17) is 0 Å². The van der Waals surface area contributed by atoms with Crippen LogP contribution in [0, 0.1) is 0 Å². The Labute approximate surface area is 238 Å². The van der Waals surface area contributed by atoms with Crippen LogP contribution in [0.3, 0.4) is 0 Å². The van der Waals surface area contributed by atoms with E-state index in [9.17, 15) is 0 Å². The second-order valence-electron chi connectivity index (χ2n) is 8.32. The van der Waals surface area contributed by atoms with Gasteiger partial charge in [0.2, 0.25) is 0 Å². The zero-order valence-electron chi connectivity index (χ0n) is 19.8. The van der Waals surface area contributed by atoms with E-state index in [0.717, 1.165) is 0 Å². The third-order valence-corrected chi connectivity index (χ3v) is 10.5. The number of rotatable bonds is 12. The Balaban J connectivity index is 0.000000739. The molecule has 0 nitrogen and oxygen atoms in total. The van der Waals surface area contributed by atoms with Crippen molar-refractivity contribution in [3.8, 4) is 0 Å². The third-order valence-electron chi connectivity index (χ3n) is 5.94. The van der Waals surface area contributed by atoms with Gasteiger partial charge >= 0.3 is 62.1 Å². The second-order valence-corrected chi connectivity index (χ2v) is 45.4. The van der Waals surface area contributed by atoms with Gasteiger partial charge in [-0.25, -0.2) is 0 Å². The Morgan fingerprint density at radius 1 is 0.500 bits per heavy atom. The summed E-state index contributed by atoms with van der Waals surface area (Å²) in [5.41, 5.74) is -1.25. The Bertz CT molecular complexity index is 799. The average molecular weight is 779 g/mol. The summed E-state index contributed by atoms with van der Waals surface area (Å²) >= 11 is 13.0. The Morgan fingerprint density at radius 3 is 1.12 bits per heavy atom. The van der Waals surface area contributed by atoms with Gasteiger partial charge in [0.15, 0.2) is 0 Å². The molecule has 3 aromatic rings. The van der Waals surface area contributed by atoms with Crippen LogP contribution in [0.25, 0.3) is 0 Å². The number of halogens is 4. The van der Waals surface area contributed by atoms with Crippen LogP contribution in [0.1, 0.15) is 58.3 Å². The van der Waals surface area contributed by atoms with E-state index < -0.39 is 12.9 Å². The fourth-order valence-electron chi connectivity index (χ4n) is 4.36. The van der Waals surface area contributed by atoms with Crippen molar-refractivity contribution in [2.24, 2.45) is 0 Å². The van der Waals surface area contributed by atoms with Crippen molar-refractivity contribution in [2.75, 3.05) is 6.16 Å². The van der Waals surface area contributed by atoms with Crippen LogP contribution in [0.2, 0.25) is 0 Å². The molecule has 0 aliphatic carbocycles. The molecule has 189 valence electrons. The van der Waals surface area contributed by atoms with Gasteiger partial charge in [-0.05, 0) is 49.2 Å². The molecular formula is C28H36Br4FeP. The van der Waals surface area contributed by atoms with Gasteiger partial charge in [0.1, 0.15) is 23.2 Å². The van der Waals surface area contributed by atoms with E-state index >= 15 is 0 Å². The van der Waals surface area contributed by atoms with Crippen LogP contribution in [0.15, 0.2) is 91.0 Å². The molecule has 0 aliphatic rings. The first-order valence-electron chi connectivity index (χ1n) is 12.0. The molecule has 6 heteroatoms. The predicted octanol–water partition coefficient (Wildman–Crippen LogP) is 10.5. The fraction of sp³-hybridized carbons (Fsp3) is 0.357. The van der Waals surface area contributed by atoms with E-state index in [1.807, 2.05) is 0 Å². The quantitative estimate of drug-likeness (QED) is 0.0976. The second kappa shape index (κ2) is 17.1. The van der Waals surface area contributed by atoms with Crippen LogP contribution < -0.4 is 15.9 Å². The zero-order valence-corrected chi connectivity index (χ0v) is 28.2.